The maximum atomic E-state index is 12.8. The van der Waals surface area contributed by atoms with E-state index in [2.05, 4.69) is 9.97 Å². The Labute approximate surface area is 104 Å². The zero-order chi connectivity index (χ0) is 14.2. The van der Waals surface area contributed by atoms with Gasteiger partial charge in [0.25, 0.3) is 0 Å². The van der Waals surface area contributed by atoms with Crippen molar-refractivity contribution in [1.29, 1.82) is 0 Å². The van der Waals surface area contributed by atoms with Gasteiger partial charge in [-0.2, -0.15) is 13.2 Å². The molecule has 0 saturated carbocycles. The smallest absolute Gasteiger partial charge is 0.434 e. The molecule has 2 aromatic heterocycles. The molecule has 100 valence electrons. The lowest BCUT2D eigenvalue weighted by Gasteiger charge is -2.11. The third-order valence-corrected chi connectivity index (χ3v) is 2.39. The van der Waals surface area contributed by atoms with Crippen LogP contribution >= 0.6 is 0 Å². The summed E-state index contributed by atoms with van der Waals surface area (Å²) < 4.78 is 43.2. The number of nitrogens with zero attached hydrogens (tertiary/aromatic N) is 2. The molecule has 2 aromatic rings. The predicted octanol–water partition coefficient (Wildman–Crippen LogP) is 2.36. The molecule has 0 aliphatic rings. The zero-order valence-electron chi connectivity index (χ0n) is 9.52. The average Bonchev–Trinajstić information content (AvgIpc) is 2.35. The number of alkyl halides is 3. The van der Waals surface area contributed by atoms with Crippen molar-refractivity contribution in [2.75, 3.05) is 7.11 Å². The fourth-order valence-electron chi connectivity index (χ4n) is 1.60. The first-order valence-electron chi connectivity index (χ1n) is 4.99. The molecule has 0 bridgehead atoms. The van der Waals surface area contributed by atoms with E-state index in [-0.39, 0.29) is 16.8 Å². The molecule has 1 N–H and O–H groups in total. The Morgan fingerprint density at radius 2 is 2.11 bits per heavy atom. The molecule has 0 aliphatic heterocycles. The van der Waals surface area contributed by atoms with Crippen LogP contribution in [0.2, 0.25) is 0 Å². The van der Waals surface area contributed by atoms with Gasteiger partial charge in [-0.15, -0.1) is 0 Å². The largest absolute Gasteiger partial charge is 0.479 e. The van der Waals surface area contributed by atoms with Crippen molar-refractivity contribution >= 4 is 16.9 Å². The SMILES string of the molecule is COc1nccc2cc(C(=O)O)c(C(F)(F)F)nc12. The number of carboxylic acids is 1. The summed E-state index contributed by atoms with van der Waals surface area (Å²) in [5, 5.41) is 9.03. The second-order valence-electron chi connectivity index (χ2n) is 3.58. The molecule has 0 atom stereocenters. The number of fused-ring (bicyclic) bond motifs is 1. The van der Waals surface area contributed by atoms with Crippen LogP contribution in [-0.4, -0.2) is 28.2 Å². The maximum absolute atomic E-state index is 12.8. The van der Waals surface area contributed by atoms with E-state index in [1.54, 1.807) is 0 Å². The van der Waals surface area contributed by atoms with Gasteiger partial charge in [0.2, 0.25) is 5.88 Å². The highest BCUT2D eigenvalue weighted by molar-refractivity contribution is 5.95. The van der Waals surface area contributed by atoms with E-state index in [4.69, 9.17) is 9.84 Å². The van der Waals surface area contributed by atoms with Crippen molar-refractivity contribution < 1.29 is 27.8 Å². The van der Waals surface area contributed by atoms with E-state index in [0.29, 0.717) is 0 Å². The molecule has 2 heterocycles. The summed E-state index contributed by atoms with van der Waals surface area (Å²) in [4.78, 5) is 17.9. The molecular formula is C11H7F3N2O3. The Bertz CT molecular complexity index is 655. The highest BCUT2D eigenvalue weighted by Gasteiger charge is 2.38. The summed E-state index contributed by atoms with van der Waals surface area (Å²) in [5.74, 6) is -1.79. The standard InChI is InChI=1S/C11H7F3N2O3/c1-19-9-7-5(2-3-15-9)4-6(10(17)18)8(16-7)11(12,13)14/h2-4H,1H3,(H,17,18). The first kappa shape index (κ1) is 13.1. The van der Waals surface area contributed by atoms with Crippen molar-refractivity contribution in [3.8, 4) is 5.88 Å². The summed E-state index contributed by atoms with van der Waals surface area (Å²) in [7, 11) is 1.24. The fraction of sp³-hybridized carbons (Fsp3) is 0.182. The molecule has 0 fully saturated rings. The van der Waals surface area contributed by atoms with Gasteiger partial charge in [0.1, 0.15) is 5.52 Å². The Morgan fingerprint density at radius 1 is 1.42 bits per heavy atom. The van der Waals surface area contributed by atoms with Gasteiger partial charge in [-0.1, -0.05) is 0 Å². The van der Waals surface area contributed by atoms with Crippen molar-refractivity contribution in [2.45, 2.75) is 6.18 Å². The minimum atomic E-state index is -4.87. The summed E-state index contributed by atoms with van der Waals surface area (Å²) in [6, 6.07) is 2.26. The van der Waals surface area contributed by atoms with Crippen LogP contribution in [0, 0.1) is 0 Å². The van der Waals surface area contributed by atoms with Crippen LogP contribution < -0.4 is 4.74 Å². The summed E-state index contributed by atoms with van der Waals surface area (Å²) >= 11 is 0. The van der Waals surface area contributed by atoms with Crippen LogP contribution in [0.25, 0.3) is 10.9 Å². The van der Waals surface area contributed by atoms with E-state index in [1.807, 2.05) is 0 Å². The third kappa shape index (κ3) is 2.28. The minimum absolute atomic E-state index is 0.0973. The van der Waals surface area contributed by atoms with E-state index >= 15 is 0 Å². The second-order valence-corrected chi connectivity index (χ2v) is 3.58. The number of rotatable bonds is 2. The number of halogens is 3. The van der Waals surface area contributed by atoms with Gasteiger partial charge in [0, 0.05) is 11.6 Å². The average molecular weight is 272 g/mol. The number of carbonyl (C=O) groups is 1. The molecule has 0 unspecified atom stereocenters. The fourth-order valence-corrected chi connectivity index (χ4v) is 1.60. The Hall–Kier alpha value is -2.38. The van der Waals surface area contributed by atoms with Gasteiger partial charge in [-0.05, 0) is 12.1 Å². The number of aromatic carboxylic acids is 1. The topological polar surface area (TPSA) is 72.3 Å². The molecular weight excluding hydrogens is 265 g/mol. The van der Waals surface area contributed by atoms with Crippen molar-refractivity contribution in [2.24, 2.45) is 0 Å². The van der Waals surface area contributed by atoms with Gasteiger partial charge in [0.05, 0.1) is 12.7 Å². The number of hydrogen-bond acceptors (Lipinski definition) is 4. The molecule has 5 nitrogen and oxygen atoms in total. The molecule has 2 rings (SSSR count). The van der Waals surface area contributed by atoms with E-state index in [0.717, 1.165) is 6.07 Å². The van der Waals surface area contributed by atoms with E-state index in [9.17, 15) is 18.0 Å². The second kappa shape index (κ2) is 4.38. The quantitative estimate of drug-likeness (QED) is 0.908. The van der Waals surface area contributed by atoms with Crippen LogP contribution in [0.5, 0.6) is 5.88 Å². The van der Waals surface area contributed by atoms with Crippen molar-refractivity contribution in [3.05, 3.63) is 29.6 Å². The molecule has 0 aliphatic carbocycles. The van der Waals surface area contributed by atoms with Crippen LogP contribution in [-0.2, 0) is 6.18 Å². The number of ether oxygens (including phenoxy) is 1. The summed E-state index contributed by atoms with van der Waals surface area (Å²) in [6.45, 7) is 0. The molecule has 0 saturated heterocycles. The summed E-state index contributed by atoms with van der Waals surface area (Å²) in [6.07, 6.45) is -3.58. The first-order chi connectivity index (χ1) is 8.84. The van der Waals surface area contributed by atoms with Gasteiger partial charge >= 0.3 is 12.1 Å². The van der Waals surface area contributed by atoms with E-state index < -0.39 is 23.4 Å². The first-order valence-corrected chi connectivity index (χ1v) is 4.99. The van der Waals surface area contributed by atoms with Crippen LogP contribution in [0.4, 0.5) is 13.2 Å². The normalized spacial score (nSPS) is 11.6. The lowest BCUT2D eigenvalue weighted by atomic mass is 10.1. The number of carboxylic acid groups (broad SMARTS) is 1. The van der Waals surface area contributed by atoms with Gasteiger partial charge < -0.3 is 9.84 Å². The van der Waals surface area contributed by atoms with Gasteiger partial charge in [-0.25, -0.2) is 14.8 Å². The summed E-state index contributed by atoms with van der Waals surface area (Å²) in [5.41, 5.74) is -2.52. The zero-order valence-corrected chi connectivity index (χ0v) is 9.52. The molecule has 0 spiro atoms. The highest BCUT2D eigenvalue weighted by atomic mass is 19.4. The van der Waals surface area contributed by atoms with Crippen molar-refractivity contribution in [1.82, 2.24) is 9.97 Å². The van der Waals surface area contributed by atoms with Crippen LogP contribution in [0.3, 0.4) is 0 Å². The molecule has 8 heteroatoms. The Balaban J connectivity index is 2.85. The third-order valence-electron chi connectivity index (χ3n) is 2.39. The highest BCUT2D eigenvalue weighted by Crippen LogP contribution is 2.33. The van der Waals surface area contributed by atoms with Crippen molar-refractivity contribution in [3.63, 3.8) is 0 Å². The monoisotopic (exact) mass is 272 g/mol. The minimum Gasteiger partial charge on any atom is -0.479 e. The number of hydrogen-bond donors (Lipinski definition) is 1. The number of methoxy groups -OCH3 is 1. The molecule has 0 amide bonds. The lowest BCUT2D eigenvalue weighted by Crippen LogP contribution is -2.15. The number of pyridine rings is 2. The lowest BCUT2D eigenvalue weighted by molar-refractivity contribution is -0.141. The van der Waals surface area contributed by atoms with Gasteiger partial charge in [-0.3, -0.25) is 0 Å². The predicted molar refractivity (Wildman–Crippen MR) is 58.1 cm³/mol. The van der Waals surface area contributed by atoms with Crippen LogP contribution in [0.1, 0.15) is 16.1 Å². The van der Waals surface area contributed by atoms with E-state index in [1.165, 1.54) is 19.4 Å². The Morgan fingerprint density at radius 3 is 2.63 bits per heavy atom. The van der Waals surface area contributed by atoms with Gasteiger partial charge in [0.15, 0.2) is 5.69 Å². The number of aromatic nitrogens is 2. The van der Waals surface area contributed by atoms with Crippen LogP contribution in [0.15, 0.2) is 18.3 Å². The maximum Gasteiger partial charge on any atom is 0.434 e. The molecule has 0 radical (unpaired) electrons. The molecule has 0 aromatic carbocycles. The Kier molecular flexibility index (Phi) is 3.01. The molecule has 19 heavy (non-hydrogen) atoms.